The minimum Gasteiger partial charge on any atom is -0.456 e. The minimum atomic E-state index is 0.763. The smallest absolute Gasteiger partial charge is 0.143 e. The van der Waals surface area contributed by atoms with E-state index in [1.54, 1.807) is 0 Å². The second kappa shape index (κ2) is 11.9. The molecule has 0 spiro atoms. The maximum absolute atomic E-state index is 7.24. The van der Waals surface area contributed by atoms with Crippen molar-refractivity contribution in [2.75, 3.05) is 0 Å². The molecule has 1 aliphatic heterocycles. The molecule has 1 aromatic heterocycles. The molecule has 0 saturated carbocycles. The van der Waals surface area contributed by atoms with Crippen molar-refractivity contribution in [2.24, 2.45) is 0 Å². The zero-order chi connectivity index (χ0) is 33.7. The highest BCUT2D eigenvalue weighted by Crippen LogP contribution is 2.52. The molecular weight excluding hydrogens is 623 g/mol. The Balaban J connectivity index is 1.25. The van der Waals surface area contributed by atoms with Crippen molar-refractivity contribution >= 4 is 21.8 Å². The van der Waals surface area contributed by atoms with Gasteiger partial charge in [0.15, 0.2) is 0 Å². The molecule has 0 bridgehead atoms. The van der Waals surface area contributed by atoms with Crippen LogP contribution >= 0.6 is 0 Å². The monoisotopic (exact) mass is 653 g/mol. The third-order valence-electron chi connectivity index (χ3n) is 9.89. The van der Waals surface area contributed by atoms with Crippen LogP contribution in [0.15, 0.2) is 188 Å². The van der Waals surface area contributed by atoms with E-state index in [2.05, 4.69) is 162 Å². The lowest BCUT2D eigenvalue weighted by Crippen LogP contribution is -2.00. The van der Waals surface area contributed by atoms with Crippen LogP contribution in [0.25, 0.3) is 72.0 Å². The lowest BCUT2D eigenvalue weighted by atomic mass is 9.91. The molecule has 0 amide bonds. The summed E-state index contributed by atoms with van der Waals surface area (Å²) in [5.41, 5.74) is 11.6. The molecule has 8 aromatic carbocycles. The number of hydrogen-bond donors (Lipinski definition) is 0. The number of ether oxygens (including phenoxy) is 2. The predicted molar refractivity (Wildman–Crippen MR) is 209 cm³/mol. The van der Waals surface area contributed by atoms with Crippen molar-refractivity contribution in [1.82, 2.24) is 4.57 Å². The Kier molecular flexibility index (Phi) is 6.81. The van der Waals surface area contributed by atoms with E-state index in [0.29, 0.717) is 0 Å². The van der Waals surface area contributed by atoms with Crippen molar-refractivity contribution in [1.29, 1.82) is 0 Å². The molecular formula is C48H31NO2. The summed E-state index contributed by atoms with van der Waals surface area (Å²) in [6.07, 6.45) is 0. The van der Waals surface area contributed by atoms with Gasteiger partial charge in [-0.1, -0.05) is 140 Å². The molecule has 3 heteroatoms. The molecule has 10 rings (SSSR count). The number of nitrogens with zero attached hydrogens (tertiary/aromatic N) is 1. The zero-order valence-electron chi connectivity index (χ0n) is 27.7. The van der Waals surface area contributed by atoms with E-state index in [-0.39, 0.29) is 0 Å². The SMILES string of the molecule is c1ccc(-c2cccc3c2Oc2cccc(-c4ccc5c(c4)c4ccccc4n5-c4ccccc4)c2-c2ccccc2Oc2ccccc2-3)cc1. The van der Waals surface area contributed by atoms with Gasteiger partial charge in [0.1, 0.15) is 23.0 Å². The summed E-state index contributed by atoms with van der Waals surface area (Å²) >= 11 is 0. The summed E-state index contributed by atoms with van der Waals surface area (Å²) in [5, 5.41) is 2.41. The van der Waals surface area contributed by atoms with Crippen LogP contribution in [0, 0.1) is 0 Å². The Morgan fingerprint density at radius 3 is 1.76 bits per heavy atom. The van der Waals surface area contributed by atoms with Crippen molar-refractivity contribution in [3.63, 3.8) is 0 Å². The second-order valence-corrected chi connectivity index (χ2v) is 12.8. The molecule has 0 atom stereocenters. The fourth-order valence-corrected chi connectivity index (χ4v) is 7.60. The van der Waals surface area contributed by atoms with E-state index in [0.717, 1.165) is 78.7 Å². The third-order valence-corrected chi connectivity index (χ3v) is 9.89. The maximum atomic E-state index is 7.24. The minimum absolute atomic E-state index is 0.763. The molecule has 0 saturated heterocycles. The van der Waals surface area contributed by atoms with Gasteiger partial charge < -0.3 is 14.0 Å². The van der Waals surface area contributed by atoms with Gasteiger partial charge in [0, 0.05) is 44.3 Å². The lowest BCUT2D eigenvalue weighted by molar-refractivity contribution is 0.473. The average molecular weight is 654 g/mol. The van der Waals surface area contributed by atoms with Gasteiger partial charge in [0.05, 0.1) is 11.0 Å². The largest absolute Gasteiger partial charge is 0.456 e. The first-order chi connectivity index (χ1) is 25.3. The normalized spacial score (nSPS) is 11.8. The fraction of sp³-hybridized carbons (Fsp3) is 0. The van der Waals surface area contributed by atoms with Crippen molar-refractivity contribution in [2.45, 2.75) is 0 Å². The van der Waals surface area contributed by atoms with E-state index < -0.39 is 0 Å². The van der Waals surface area contributed by atoms with Crippen LogP contribution in [0.3, 0.4) is 0 Å². The highest BCUT2D eigenvalue weighted by atomic mass is 16.5. The van der Waals surface area contributed by atoms with E-state index >= 15 is 0 Å². The van der Waals surface area contributed by atoms with Gasteiger partial charge in [0.2, 0.25) is 0 Å². The lowest BCUT2D eigenvalue weighted by Gasteiger charge is -2.24. The molecule has 1 aliphatic rings. The van der Waals surface area contributed by atoms with E-state index in [4.69, 9.17) is 9.47 Å². The summed E-state index contributed by atoms with van der Waals surface area (Å²) in [6.45, 7) is 0. The Labute approximate surface area is 296 Å². The van der Waals surface area contributed by atoms with Crippen LogP contribution in [0.2, 0.25) is 0 Å². The Morgan fingerprint density at radius 1 is 0.333 bits per heavy atom. The molecule has 51 heavy (non-hydrogen) atoms. The highest BCUT2D eigenvalue weighted by molar-refractivity contribution is 6.11. The van der Waals surface area contributed by atoms with Crippen LogP contribution in [-0.4, -0.2) is 4.57 Å². The van der Waals surface area contributed by atoms with Gasteiger partial charge in [-0.2, -0.15) is 0 Å². The number of benzene rings is 8. The third kappa shape index (κ3) is 4.82. The second-order valence-electron chi connectivity index (χ2n) is 12.8. The molecule has 0 radical (unpaired) electrons. The molecule has 9 aromatic rings. The highest BCUT2D eigenvalue weighted by Gasteiger charge is 2.25. The Hall–Kier alpha value is -6.84. The van der Waals surface area contributed by atoms with E-state index in [9.17, 15) is 0 Å². The van der Waals surface area contributed by atoms with Crippen molar-refractivity contribution < 1.29 is 9.47 Å². The quantitative estimate of drug-likeness (QED) is 0.189. The summed E-state index contributed by atoms with van der Waals surface area (Å²) in [7, 11) is 0. The van der Waals surface area contributed by atoms with Crippen molar-refractivity contribution in [3.8, 4) is 73.2 Å². The average Bonchev–Trinajstić information content (AvgIpc) is 3.53. The van der Waals surface area contributed by atoms with Crippen LogP contribution in [-0.2, 0) is 0 Å². The van der Waals surface area contributed by atoms with Crippen LogP contribution in [0.1, 0.15) is 0 Å². The van der Waals surface area contributed by atoms with E-state index in [1.165, 1.54) is 16.3 Å². The summed E-state index contributed by atoms with van der Waals surface area (Å²) in [4.78, 5) is 0. The molecule has 0 N–H and O–H groups in total. The van der Waals surface area contributed by atoms with Gasteiger partial charge >= 0.3 is 0 Å². The Morgan fingerprint density at radius 2 is 0.922 bits per heavy atom. The topological polar surface area (TPSA) is 23.4 Å². The number of aromatic nitrogens is 1. The number of hydrogen-bond acceptors (Lipinski definition) is 2. The Bertz CT molecular complexity index is 2740. The van der Waals surface area contributed by atoms with Gasteiger partial charge in [-0.05, 0) is 65.2 Å². The number of fused-ring (bicyclic) bond motifs is 9. The molecule has 3 nitrogen and oxygen atoms in total. The van der Waals surface area contributed by atoms with Crippen molar-refractivity contribution in [3.05, 3.63) is 188 Å². The fourth-order valence-electron chi connectivity index (χ4n) is 7.60. The summed E-state index contributed by atoms with van der Waals surface area (Å²) < 4.78 is 16.5. The first-order valence-electron chi connectivity index (χ1n) is 17.3. The van der Waals surface area contributed by atoms with E-state index in [1.807, 2.05) is 30.3 Å². The first-order valence-corrected chi connectivity index (χ1v) is 17.3. The van der Waals surface area contributed by atoms with Crippen LogP contribution < -0.4 is 9.47 Å². The summed E-state index contributed by atoms with van der Waals surface area (Å²) in [6, 6.07) is 65.7. The molecule has 2 heterocycles. The zero-order valence-corrected chi connectivity index (χ0v) is 27.7. The van der Waals surface area contributed by atoms with Gasteiger partial charge in [-0.3, -0.25) is 0 Å². The van der Waals surface area contributed by atoms with Gasteiger partial charge in [-0.15, -0.1) is 0 Å². The van der Waals surface area contributed by atoms with Crippen LogP contribution in [0.5, 0.6) is 23.0 Å². The molecule has 0 aliphatic carbocycles. The summed E-state index contributed by atoms with van der Waals surface area (Å²) in [5.74, 6) is 3.10. The van der Waals surface area contributed by atoms with Crippen LogP contribution in [0.4, 0.5) is 0 Å². The maximum Gasteiger partial charge on any atom is 0.143 e. The molecule has 0 fully saturated rings. The predicted octanol–water partition coefficient (Wildman–Crippen LogP) is 13.3. The first kappa shape index (κ1) is 29.1. The molecule has 0 unspecified atom stereocenters. The number of rotatable bonds is 3. The van der Waals surface area contributed by atoms with Gasteiger partial charge in [0.25, 0.3) is 0 Å². The standard InChI is InChI=1S/C48H31NO2/c1-3-15-32(16-4-1)36-23-13-24-39-38-20-8-11-26-44(38)50-45-27-12-9-21-40(45)47-35(22-14-28-46(47)51-48(36)39)33-29-30-43-41(31-33)37-19-7-10-25-42(37)49(43)34-17-5-2-6-18-34/h1-31H. The molecule has 240 valence electrons. The van der Waals surface area contributed by atoms with Gasteiger partial charge in [-0.25, -0.2) is 0 Å². The number of para-hydroxylation sites is 5.